The van der Waals surface area contributed by atoms with Gasteiger partial charge >= 0.3 is 0 Å². The zero-order valence-electron chi connectivity index (χ0n) is 68.5. The van der Waals surface area contributed by atoms with Crippen LogP contribution in [0.15, 0.2) is 376 Å². The fourth-order valence-corrected chi connectivity index (χ4v) is 15.8. The standard InChI is InChI=1S/C110H107N5/c1-11-78(6)83-26-52-98(53-27-83)111(96-22-18-16-19-23-96)103-62-36-88(37-63-103)90-40-66-105(67-41-90)113(100-56-30-85(31-57-100)80(8)13-3)107-70-44-92(45-71-107)94-48-74-109(75-49-94)115(102-60-34-87(35-61-102)82(10)15-5)110-76-50-95(51-77-110)93-46-72-108(73-47-93)114(101-58-32-86(33-59-101)81(9)14-4)106-68-42-91(43-69-106)89-38-64-104(65-39-89)112(97-24-20-17-21-25-97)99-54-28-84(29-55-99)79(7)12-2/h16-82H,11-15H2,1-10H3. The average Bonchev–Trinajstić information content (AvgIpc) is 0.814. The van der Waals surface area contributed by atoms with Crippen LogP contribution in [0.3, 0.4) is 0 Å². The molecule has 572 valence electrons. The number of anilines is 15. The minimum Gasteiger partial charge on any atom is -0.311 e. The van der Waals surface area contributed by atoms with Gasteiger partial charge in [0, 0.05) is 85.3 Å². The van der Waals surface area contributed by atoms with E-state index in [2.05, 4.69) is 470 Å². The first-order chi connectivity index (χ1) is 56.3. The molecule has 0 bridgehead atoms. The highest BCUT2D eigenvalue weighted by Gasteiger charge is 2.22. The molecule has 0 fully saturated rings. The highest BCUT2D eigenvalue weighted by molar-refractivity contribution is 5.86. The van der Waals surface area contributed by atoms with Crippen LogP contribution in [0.2, 0.25) is 0 Å². The Morgan fingerprint density at radius 1 is 0.139 bits per heavy atom. The molecule has 0 amide bonds. The first-order valence-corrected chi connectivity index (χ1v) is 41.8. The molecule has 0 saturated carbocycles. The van der Waals surface area contributed by atoms with Gasteiger partial charge in [-0.1, -0.05) is 263 Å². The number of nitrogens with zero attached hydrogens (tertiary/aromatic N) is 5. The molecule has 0 saturated heterocycles. The van der Waals surface area contributed by atoms with E-state index in [0.717, 1.165) is 151 Å². The zero-order chi connectivity index (χ0) is 79.3. The summed E-state index contributed by atoms with van der Waals surface area (Å²) in [6, 6.07) is 139. The molecule has 0 heterocycles. The molecule has 0 aliphatic carbocycles. The minimum atomic E-state index is 0.470. The molecule has 0 spiro atoms. The Morgan fingerprint density at radius 3 is 0.357 bits per heavy atom. The lowest BCUT2D eigenvalue weighted by Gasteiger charge is -2.27. The van der Waals surface area contributed by atoms with Gasteiger partial charge in [-0.25, -0.2) is 0 Å². The lowest BCUT2D eigenvalue weighted by Crippen LogP contribution is -2.10. The summed E-state index contributed by atoms with van der Waals surface area (Å²) in [7, 11) is 0. The van der Waals surface area contributed by atoms with E-state index in [1.54, 1.807) is 0 Å². The number of hydrogen-bond donors (Lipinski definition) is 0. The van der Waals surface area contributed by atoms with Gasteiger partial charge in [0.1, 0.15) is 0 Å². The smallest absolute Gasteiger partial charge is 0.0462 e. The fourth-order valence-electron chi connectivity index (χ4n) is 15.8. The average molecular weight is 1500 g/mol. The van der Waals surface area contributed by atoms with Crippen LogP contribution in [0, 0.1) is 0 Å². The summed E-state index contributed by atoms with van der Waals surface area (Å²) in [6.45, 7) is 22.8. The molecule has 0 radical (unpaired) electrons. The highest BCUT2D eigenvalue weighted by Crippen LogP contribution is 2.45. The van der Waals surface area contributed by atoms with Crippen molar-refractivity contribution in [2.24, 2.45) is 0 Å². The molecule has 5 heteroatoms. The van der Waals surface area contributed by atoms with Crippen LogP contribution in [0.1, 0.15) is 159 Å². The normalized spacial score (nSPS) is 12.6. The van der Waals surface area contributed by atoms with E-state index in [9.17, 15) is 0 Å². The molecule has 5 unspecified atom stereocenters. The van der Waals surface area contributed by atoms with Crippen LogP contribution in [-0.4, -0.2) is 0 Å². The van der Waals surface area contributed by atoms with E-state index >= 15 is 0 Å². The van der Waals surface area contributed by atoms with Crippen molar-refractivity contribution in [3.63, 3.8) is 0 Å². The monoisotopic (exact) mass is 1500 g/mol. The van der Waals surface area contributed by atoms with E-state index < -0.39 is 0 Å². The van der Waals surface area contributed by atoms with Crippen LogP contribution in [0.5, 0.6) is 0 Å². The Hall–Kier alpha value is -12.7. The van der Waals surface area contributed by atoms with Crippen molar-refractivity contribution >= 4 is 85.3 Å². The molecule has 15 rings (SSSR count). The van der Waals surface area contributed by atoms with E-state index in [1.807, 2.05) is 0 Å². The second-order valence-corrected chi connectivity index (χ2v) is 31.2. The molecule has 15 aromatic carbocycles. The molecule has 115 heavy (non-hydrogen) atoms. The van der Waals surface area contributed by atoms with E-state index in [4.69, 9.17) is 0 Å². The Labute approximate surface area is 684 Å². The van der Waals surface area contributed by atoms with Crippen LogP contribution >= 0.6 is 0 Å². The summed E-state index contributed by atoms with van der Waals surface area (Å²) in [6.07, 6.45) is 5.50. The summed E-state index contributed by atoms with van der Waals surface area (Å²) >= 11 is 0. The van der Waals surface area contributed by atoms with Crippen molar-refractivity contribution in [3.05, 3.63) is 404 Å². The van der Waals surface area contributed by atoms with Gasteiger partial charge in [0.15, 0.2) is 0 Å². The predicted molar refractivity (Wildman–Crippen MR) is 495 cm³/mol. The Morgan fingerprint density at radius 2 is 0.243 bits per heavy atom. The molecule has 15 aromatic rings. The van der Waals surface area contributed by atoms with Crippen molar-refractivity contribution in [1.82, 2.24) is 0 Å². The topological polar surface area (TPSA) is 16.2 Å². The molecule has 0 aliphatic rings. The molecule has 0 aliphatic heterocycles. The van der Waals surface area contributed by atoms with Gasteiger partial charge in [-0.2, -0.15) is 0 Å². The van der Waals surface area contributed by atoms with Crippen molar-refractivity contribution < 1.29 is 0 Å². The number of para-hydroxylation sites is 2. The second-order valence-electron chi connectivity index (χ2n) is 31.2. The van der Waals surface area contributed by atoms with Gasteiger partial charge in [0.25, 0.3) is 0 Å². The van der Waals surface area contributed by atoms with Crippen molar-refractivity contribution in [2.75, 3.05) is 24.5 Å². The molecule has 5 atom stereocenters. The molecule has 5 nitrogen and oxygen atoms in total. The lowest BCUT2D eigenvalue weighted by atomic mass is 9.98. The summed E-state index contributed by atoms with van der Waals surface area (Å²) in [5.41, 5.74) is 32.7. The maximum Gasteiger partial charge on any atom is 0.0462 e. The van der Waals surface area contributed by atoms with Gasteiger partial charge < -0.3 is 24.5 Å². The maximum absolute atomic E-state index is 2.39. The number of benzene rings is 15. The molecular formula is C110H107N5. The summed E-state index contributed by atoms with van der Waals surface area (Å²) in [4.78, 5) is 11.8. The van der Waals surface area contributed by atoms with Gasteiger partial charge in [0.2, 0.25) is 0 Å². The Bertz CT molecular complexity index is 5230. The first kappa shape index (κ1) is 77.6. The van der Waals surface area contributed by atoms with Crippen molar-refractivity contribution in [2.45, 2.75) is 131 Å². The summed E-state index contributed by atoms with van der Waals surface area (Å²) in [5.74, 6) is 2.47. The van der Waals surface area contributed by atoms with Crippen LogP contribution in [0.25, 0.3) is 44.5 Å². The van der Waals surface area contributed by atoms with Gasteiger partial charge in [-0.15, -0.1) is 0 Å². The lowest BCUT2D eigenvalue weighted by molar-refractivity contribution is 0.733. The number of rotatable bonds is 29. The van der Waals surface area contributed by atoms with E-state index in [-0.39, 0.29) is 0 Å². The molecule has 0 N–H and O–H groups in total. The third kappa shape index (κ3) is 17.4. The molecule has 0 aromatic heterocycles. The van der Waals surface area contributed by atoms with Crippen LogP contribution in [-0.2, 0) is 0 Å². The highest BCUT2D eigenvalue weighted by atomic mass is 15.2. The largest absolute Gasteiger partial charge is 0.311 e. The van der Waals surface area contributed by atoms with Gasteiger partial charge in [0.05, 0.1) is 0 Å². The second kappa shape index (κ2) is 36.0. The fraction of sp³-hybridized carbons (Fsp3) is 0.182. The van der Waals surface area contributed by atoms with Crippen LogP contribution in [0.4, 0.5) is 85.3 Å². The van der Waals surface area contributed by atoms with E-state index in [0.29, 0.717) is 29.6 Å². The third-order valence-corrected chi connectivity index (χ3v) is 24.0. The van der Waals surface area contributed by atoms with Crippen molar-refractivity contribution in [3.8, 4) is 44.5 Å². The maximum atomic E-state index is 2.39. The van der Waals surface area contributed by atoms with Gasteiger partial charge in [-0.05, 0) is 316 Å². The summed E-state index contributed by atoms with van der Waals surface area (Å²) in [5, 5.41) is 0. The van der Waals surface area contributed by atoms with Crippen LogP contribution < -0.4 is 24.5 Å². The zero-order valence-corrected chi connectivity index (χ0v) is 68.5. The third-order valence-electron chi connectivity index (χ3n) is 24.0. The minimum absolute atomic E-state index is 0.470. The SMILES string of the molecule is CCC(C)c1ccc(N(c2ccccc2)c2ccc(-c3ccc(N(c4ccc(-c5ccc(N(c6ccc(-c7ccc(N(c8ccc(-c9ccc(N(c%10ccccc%10)c%10ccc(C(C)CC)cc%10)cc9)cc8)c8ccc(C(C)CC)cc8)cc7)cc6)c6ccc(C(C)CC)cc6)cc5)cc4)c4ccc(C(C)CC)cc4)cc3)cc2)cc1. The van der Waals surface area contributed by atoms with Gasteiger partial charge in [-0.3, -0.25) is 0 Å². The van der Waals surface area contributed by atoms with Crippen molar-refractivity contribution in [1.29, 1.82) is 0 Å². The first-order valence-electron chi connectivity index (χ1n) is 41.8. The number of hydrogen-bond acceptors (Lipinski definition) is 5. The Balaban J connectivity index is 0.677. The predicted octanol–water partition coefficient (Wildman–Crippen LogP) is 33.3. The quantitative estimate of drug-likeness (QED) is 0.0463. The molecular weight excluding hydrogens is 1390 g/mol. The summed E-state index contributed by atoms with van der Waals surface area (Å²) < 4.78 is 0. The Kier molecular flexibility index (Phi) is 24.3. The van der Waals surface area contributed by atoms with E-state index in [1.165, 1.54) is 38.9 Å².